The normalized spacial score (nSPS) is 20.9. The van der Waals surface area contributed by atoms with Crippen LogP contribution in [0.25, 0.3) is 32.2 Å². The van der Waals surface area contributed by atoms with Gasteiger partial charge in [0.2, 0.25) is 5.95 Å². The monoisotopic (exact) mass is 462 g/mol. The number of anilines is 2. The Hall–Kier alpha value is -3.42. The lowest BCUT2D eigenvalue weighted by Gasteiger charge is -2.19. The van der Waals surface area contributed by atoms with E-state index in [0.29, 0.717) is 28.7 Å². The van der Waals surface area contributed by atoms with Gasteiger partial charge in [-0.1, -0.05) is 0 Å². The van der Waals surface area contributed by atoms with E-state index >= 15 is 4.39 Å². The number of halogens is 2. The first-order valence-electron chi connectivity index (χ1n) is 10.6. The Morgan fingerprint density at radius 3 is 2.73 bits per heavy atom. The molecule has 0 bridgehead atoms. The number of piperidine rings is 1. The second-order valence-electron chi connectivity index (χ2n) is 8.84. The molecule has 5 heterocycles. The van der Waals surface area contributed by atoms with E-state index in [1.807, 2.05) is 6.07 Å². The third-order valence-electron chi connectivity index (χ3n) is 6.99. The topological polar surface area (TPSA) is 101 Å². The van der Waals surface area contributed by atoms with Crippen LogP contribution in [0.2, 0.25) is 0 Å². The highest BCUT2D eigenvalue weighted by atomic mass is 32.1. The van der Waals surface area contributed by atoms with Gasteiger partial charge in [0.1, 0.15) is 16.6 Å². The molecule has 1 saturated heterocycles. The number of thiophene rings is 1. The molecule has 2 atom stereocenters. The molecule has 2 aliphatic heterocycles. The summed E-state index contributed by atoms with van der Waals surface area (Å²) >= 11 is 0.959. The molecule has 0 spiro atoms. The highest BCUT2D eigenvalue weighted by Gasteiger charge is 2.46. The maximum absolute atomic E-state index is 16.2. The van der Waals surface area contributed by atoms with Crippen molar-refractivity contribution in [1.82, 2.24) is 15.0 Å². The highest BCUT2D eigenvalue weighted by Crippen LogP contribution is 2.47. The fourth-order valence-electron chi connectivity index (χ4n) is 5.25. The van der Waals surface area contributed by atoms with Crippen LogP contribution in [-0.2, 0) is 18.0 Å². The van der Waals surface area contributed by atoms with Gasteiger partial charge < -0.3 is 15.4 Å². The van der Waals surface area contributed by atoms with Crippen molar-refractivity contribution in [2.24, 2.45) is 11.8 Å². The molecule has 0 radical (unpaired) electrons. The first kappa shape index (κ1) is 19.1. The fraction of sp³-hybridized carbons (Fsp3) is 0.304. The summed E-state index contributed by atoms with van der Waals surface area (Å²) in [5.74, 6) is 0.703. The average molecular weight is 462 g/mol. The summed E-state index contributed by atoms with van der Waals surface area (Å²) in [4.78, 5) is 15.5. The second-order valence-corrected chi connectivity index (χ2v) is 9.90. The molecular formula is C23H16F2N6OS. The minimum Gasteiger partial charge on any atom is -0.389 e. The van der Waals surface area contributed by atoms with E-state index in [4.69, 9.17) is 10.5 Å². The summed E-state index contributed by atoms with van der Waals surface area (Å²) in [5, 5.41) is 10.7. The zero-order chi connectivity index (χ0) is 22.4. The van der Waals surface area contributed by atoms with E-state index in [1.165, 1.54) is 6.42 Å². The molecule has 3 aliphatic rings. The average Bonchev–Trinajstić information content (AvgIpc) is 3.17. The van der Waals surface area contributed by atoms with Gasteiger partial charge in [0.25, 0.3) is 0 Å². The van der Waals surface area contributed by atoms with Crippen LogP contribution >= 0.6 is 11.3 Å². The lowest BCUT2D eigenvalue weighted by Crippen LogP contribution is -2.24. The van der Waals surface area contributed by atoms with E-state index in [9.17, 15) is 9.65 Å². The van der Waals surface area contributed by atoms with Crippen molar-refractivity contribution in [3.05, 3.63) is 40.7 Å². The molecule has 1 saturated carbocycles. The molecule has 164 valence electrons. The van der Waals surface area contributed by atoms with Gasteiger partial charge in [0, 0.05) is 35.6 Å². The van der Waals surface area contributed by atoms with Gasteiger partial charge in [-0.05, 0) is 29.4 Å². The van der Waals surface area contributed by atoms with Crippen molar-refractivity contribution >= 4 is 43.3 Å². The Balaban J connectivity index is 1.52. The highest BCUT2D eigenvalue weighted by molar-refractivity contribution is 7.23. The van der Waals surface area contributed by atoms with Gasteiger partial charge in [-0.15, -0.1) is 11.3 Å². The molecular weight excluding hydrogens is 446 g/mol. The van der Waals surface area contributed by atoms with Crippen LogP contribution in [0.15, 0.2) is 12.4 Å². The van der Waals surface area contributed by atoms with Gasteiger partial charge in [-0.2, -0.15) is 5.26 Å². The van der Waals surface area contributed by atoms with Crippen LogP contribution in [0.5, 0.6) is 0 Å². The molecule has 2 fully saturated rings. The fourth-order valence-corrected chi connectivity index (χ4v) is 6.17. The summed E-state index contributed by atoms with van der Waals surface area (Å²) in [5.41, 5.74) is 8.04. The molecule has 10 heteroatoms. The first-order chi connectivity index (χ1) is 16.0. The molecule has 1 aromatic carbocycles. The number of pyridine rings is 1. The minimum absolute atomic E-state index is 0.101. The van der Waals surface area contributed by atoms with E-state index in [0.717, 1.165) is 36.2 Å². The number of ether oxygens (including phenoxy) is 1. The molecule has 1 aliphatic carbocycles. The molecule has 33 heavy (non-hydrogen) atoms. The summed E-state index contributed by atoms with van der Waals surface area (Å²) in [7, 11) is 0. The predicted molar refractivity (Wildman–Crippen MR) is 119 cm³/mol. The first-order valence-corrected chi connectivity index (χ1v) is 11.5. The Morgan fingerprint density at radius 1 is 1.15 bits per heavy atom. The number of nitrogen functional groups attached to an aromatic ring is 1. The summed E-state index contributed by atoms with van der Waals surface area (Å²) < 4.78 is 36.6. The zero-order valence-corrected chi connectivity index (χ0v) is 18.0. The lowest BCUT2D eigenvalue weighted by atomic mass is 9.94. The third kappa shape index (κ3) is 2.57. The maximum atomic E-state index is 16.2. The molecule has 4 aromatic rings. The molecule has 0 amide bonds. The van der Waals surface area contributed by atoms with Gasteiger partial charge in [-0.25, -0.2) is 18.7 Å². The van der Waals surface area contributed by atoms with E-state index in [-0.39, 0.29) is 50.6 Å². The Bertz CT molecular complexity index is 1550. The van der Waals surface area contributed by atoms with E-state index in [1.54, 1.807) is 6.20 Å². The number of hydrogen-bond acceptors (Lipinski definition) is 8. The lowest BCUT2D eigenvalue weighted by molar-refractivity contribution is 0.135. The number of nitrogens with two attached hydrogens (primary N) is 1. The molecule has 7 nitrogen and oxygen atoms in total. The minimum atomic E-state index is -0.599. The number of benzene rings is 1. The summed E-state index contributed by atoms with van der Waals surface area (Å²) in [6, 6.07) is 2.03. The van der Waals surface area contributed by atoms with Crippen molar-refractivity contribution in [2.75, 3.05) is 23.7 Å². The van der Waals surface area contributed by atoms with Gasteiger partial charge in [-0.3, -0.25) is 4.98 Å². The Morgan fingerprint density at radius 2 is 1.94 bits per heavy atom. The standard InChI is InChI=1S/C23H16F2N6OS/c24-15-4-28-20(17-11(2-26)22(27)33-21(15)17)16-14-8-32-7-13(14)12-3-29-23(30-19(12)18(16)25)31-5-9-1-10(9)6-31/h3-4,9-10H,1,5-8,27H2. The smallest absolute Gasteiger partial charge is 0.225 e. The number of nitriles is 1. The van der Waals surface area contributed by atoms with E-state index < -0.39 is 11.6 Å². The van der Waals surface area contributed by atoms with Crippen LogP contribution in [-0.4, -0.2) is 28.0 Å². The van der Waals surface area contributed by atoms with Crippen LogP contribution in [0, 0.1) is 34.8 Å². The molecule has 3 aromatic heterocycles. The van der Waals surface area contributed by atoms with Crippen molar-refractivity contribution in [3.63, 3.8) is 0 Å². The van der Waals surface area contributed by atoms with Crippen molar-refractivity contribution in [2.45, 2.75) is 19.6 Å². The van der Waals surface area contributed by atoms with Gasteiger partial charge >= 0.3 is 0 Å². The summed E-state index contributed by atoms with van der Waals surface area (Å²) in [6.07, 6.45) is 3.95. The quantitative estimate of drug-likeness (QED) is 0.478. The number of fused-ring (bicyclic) bond motifs is 5. The van der Waals surface area contributed by atoms with Crippen LogP contribution in [0.4, 0.5) is 19.7 Å². The second kappa shape index (κ2) is 6.56. The number of nitrogens with zero attached hydrogens (tertiary/aromatic N) is 5. The van der Waals surface area contributed by atoms with Gasteiger partial charge in [0.05, 0.1) is 35.4 Å². The van der Waals surface area contributed by atoms with Crippen molar-refractivity contribution < 1.29 is 13.5 Å². The Labute approximate surface area is 190 Å². The predicted octanol–water partition coefficient (Wildman–Crippen LogP) is 4.12. The number of aromatic nitrogens is 3. The summed E-state index contributed by atoms with van der Waals surface area (Å²) in [6.45, 7) is 2.24. The van der Waals surface area contributed by atoms with Crippen molar-refractivity contribution in [1.29, 1.82) is 5.26 Å². The van der Waals surface area contributed by atoms with E-state index in [2.05, 4.69) is 19.9 Å². The van der Waals surface area contributed by atoms with Gasteiger partial charge in [0.15, 0.2) is 11.6 Å². The number of hydrogen-bond donors (Lipinski definition) is 1. The zero-order valence-electron chi connectivity index (χ0n) is 17.2. The largest absolute Gasteiger partial charge is 0.389 e. The molecule has 2 N–H and O–H groups in total. The maximum Gasteiger partial charge on any atom is 0.225 e. The Kier molecular flexibility index (Phi) is 3.79. The molecule has 7 rings (SSSR count). The van der Waals surface area contributed by atoms with Crippen molar-refractivity contribution in [3.8, 4) is 17.3 Å². The van der Waals surface area contributed by atoms with Crippen LogP contribution < -0.4 is 10.6 Å². The van der Waals surface area contributed by atoms with Crippen LogP contribution in [0.1, 0.15) is 23.1 Å². The van der Waals surface area contributed by atoms with Crippen LogP contribution in [0.3, 0.4) is 0 Å². The SMILES string of the molecule is N#Cc1c(N)sc2c(F)cnc(-c3c4c(c5cnc(N6CC7CC7C6)nc5c3F)COC4)c12. The third-order valence-corrected chi connectivity index (χ3v) is 8.02. The molecule has 2 unspecified atom stereocenters. The number of rotatable bonds is 2.